The summed E-state index contributed by atoms with van der Waals surface area (Å²) in [5, 5.41) is 12.9. The molecule has 1 unspecified atom stereocenters. The Kier molecular flexibility index (Phi) is 6.34. The van der Waals surface area contributed by atoms with Crippen LogP contribution in [0.25, 0.3) is 0 Å². The number of rotatable bonds is 6. The van der Waals surface area contributed by atoms with Gasteiger partial charge in [0.1, 0.15) is 5.75 Å². The lowest BCUT2D eigenvalue weighted by molar-refractivity contribution is 0.256. The summed E-state index contributed by atoms with van der Waals surface area (Å²) in [5.41, 5.74) is 1.28. The Morgan fingerprint density at radius 3 is 2.40 bits per heavy atom. The summed E-state index contributed by atoms with van der Waals surface area (Å²) in [6.45, 7) is 6.98. The fourth-order valence-electron chi connectivity index (χ4n) is 2.90. The maximum absolute atomic E-state index is 9.25. The lowest BCUT2D eigenvalue weighted by Crippen LogP contribution is -2.40. The van der Waals surface area contributed by atoms with Crippen LogP contribution in [0.1, 0.15) is 38.2 Å². The average Bonchev–Trinajstić information content (AvgIpc) is 2.70. The Morgan fingerprint density at radius 2 is 1.75 bits per heavy atom. The van der Waals surface area contributed by atoms with E-state index in [2.05, 4.69) is 17.1 Å². The quantitative estimate of drug-likeness (QED) is 0.838. The Hall–Kier alpha value is -1.06. The predicted octanol–water partition coefficient (Wildman–Crippen LogP) is 2.79. The van der Waals surface area contributed by atoms with E-state index >= 15 is 0 Å². The number of aromatic hydroxyl groups is 1. The number of hydrogen-bond acceptors (Lipinski definition) is 3. The van der Waals surface area contributed by atoms with Gasteiger partial charge in [0, 0.05) is 12.6 Å². The van der Waals surface area contributed by atoms with Crippen LogP contribution in [0.15, 0.2) is 24.3 Å². The minimum absolute atomic E-state index is 0.344. The SMILES string of the molecule is CC(CN1CCCCCC1)NCCc1ccc(O)cc1. The molecule has 0 aromatic heterocycles. The second-order valence-corrected chi connectivity index (χ2v) is 5.99. The molecule has 20 heavy (non-hydrogen) atoms. The lowest BCUT2D eigenvalue weighted by Gasteiger charge is -2.24. The third-order valence-electron chi connectivity index (χ3n) is 4.07. The van der Waals surface area contributed by atoms with Crippen molar-refractivity contribution in [1.29, 1.82) is 0 Å². The first-order valence-electron chi connectivity index (χ1n) is 7.98. The largest absolute Gasteiger partial charge is 0.508 e. The van der Waals surface area contributed by atoms with Gasteiger partial charge in [-0.3, -0.25) is 0 Å². The summed E-state index contributed by atoms with van der Waals surface area (Å²) in [6.07, 6.45) is 6.55. The van der Waals surface area contributed by atoms with Crippen LogP contribution < -0.4 is 5.32 Å². The molecule has 2 N–H and O–H groups in total. The van der Waals surface area contributed by atoms with Gasteiger partial charge in [0.2, 0.25) is 0 Å². The van der Waals surface area contributed by atoms with E-state index < -0.39 is 0 Å². The number of benzene rings is 1. The number of phenolic OH excluding ortho intramolecular Hbond substituents is 1. The zero-order chi connectivity index (χ0) is 14.2. The highest BCUT2D eigenvalue weighted by Crippen LogP contribution is 2.11. The Balaban J connectivity index is 1.64. The number of nitrogens with one attached hydrogen (secondary N) is 1. The van der Waals surface area contributed by atoms with Gasteiger partial charge in [-0.1, -0.05) is 25.0 Å². The van der Waals surface area contributed by atoms with Crippen molar-refractivity contribution in [3.8, 4) is 5.75 Å². The van der Waals surface area contributed by atoms with Gasteiger partial charge >= 0.3 is 0 Å². The van der Waals surface area contributed by atoms with Crippen molar-refractivity contribution < 1.29 is 5.11 Å². The molecule has 1 aromatic carbocycles. The smallest absolute Gasteiger partial charge is 0.115 e. The van der Waals surface area contributed by atoms with Gasteiger partial charge in [-0.2, -0.15) is 0 Å². The zero-order valence-corrected chi connectivity index (χ0v) is 12.6. The van der Waals surface area contributed by atoms with Crippen LogP contribution in [0.5, 0.6) is 5.75 Å². The molecule has 0 spiro atoms. The molecule has 2 rings (SSSR count). The molecule has 0 saturated carbocycles. The number of likely N-dealkylation sites (tertiary alicyclic amines) is 1. The summed E-state index contributed by atoms with van der Waals surface area (Å²) in [7, 11) is 0. The molecule has 0 radical (unpaired) electrons. The van der Waals surface area contributed by atoms with Crippen LogP contribution in [0.3, 0.4) is 0 Å². The molecule has 1 saturated heterocycles. The molecule has 1 aliphatic rings. The highest BCUT2D eigenvalue weighted by atomic mass is 16.3. The van der Waals surface area contributed by atoms with E-state index in [9.17, 15) is 5.11 Å². The van der Waals surface area contributed by atoms with Crippen molar-refractivity contribution in [3.63, 3.8) is 0 Å². The van der Waals surface area contributed by atoms with E-state index in [0.29, 0.717) is 11.8 Å². The third-order valence-corrected chi connectivity index (χ3v) is 4.07. The van der Waals surface area contributed by atoms with Crippen molar-refractivity contribution in [2.75, 3.05) is 26.2 Å². The Morgan fingerprint density at radius 1 is 1.10 bits per heavy atom. The molecule has 112 valence electrons. The van der Waals surface area contributed by atoms with Crippen LogP contribution in [-0.4, -0.2) is 42.2 Å². The van der Waals surface area contributed by atoms with Crippen LogP contribution in [-0.2, 0) is 6.42 Å². The maximum atomic E-state index is 9.25. The standard InChI is InChI=1S/C17H28N2O/c1-15(14-19-12-4-2-3-5-13-19)18-11-10-16-6-8-17(20)9-7-16/h6-9,15,18,20H,2-5,10-14H2,1H3. The first kappa shape index (κ1) is 15.3. The minimum atomic E-state index is 0.344. The normalized spacial score (nSPS) is 18.6. The van der Waals surface area contributed by atoms with Gasteiger partial charge in [0.05, 0.1) is 0 Å². The van der Waals surface area contributed by atoms with Gasteiger partial charge in [-0.15, -0.1) is 0 Å². The molecule has 0 bridgehead atoms. The van der Waals surface area contributed by atoms with Gasteiger partial charge in [-0.05, 0) is 63.5 Å². The van der Waals surface area contributed by atoms with E-state index in [-0.39, 0.29) is 0 Å². The highest BCUT2D eigenvalue weighted by molar-refractivity contribution is 5.25. The molecule has 1 fully saturated rings. The van der Waals surface area contributed by atoms with E-state index in [4.69, 9.17) is 0 Å². The highest BCUT2D eigenvalue weighted by Gasteiger charge is 2.11. The molecule has 3 heteroatoms. The maximum Gasteiger partial charge on any atom is 0.115 e. The van der Waals surface area contributed by atoms with E-state index in [1.807, 2.05) is 12.1 Å². The molecule has 0 amide bonds. The molecule has 3 nitrogen and oxygen atoms in total. The first-order chi connectivity index (χ1) is 9.74. The summed E-state index contributed by atoms with van der Waals surface area (Å²) < 4.78 is 0. The fourth-order valence-corrected chi connectivity index (χ4v) is 2.90. The molecule has 1 aliphatic heterocycles. The minimum Gasteiger partial charge on any atom is -0.508 e. The fraction of sp³-hybridized carbons (Fsp3) is 0.647. The van der Waals surface area contributed by atoms with Crippen LogP contribution in [0, 0.1) is 0 Å². The topological polar surface area (TPSA) is 35.5 Å². The summed E-state index contributed by atoms with van der Waals surface area (Å²) in [4.78, 5) is 2.60. The average molecular weight is 276 g/mol. The molecule has 1 atom stereocenters. The molecular formula is C17H28N2O. The van der Waals surface area contributed by atoms with E-state index in [0.717, 1.165) is 19.5 Å². The second-order valence-electron chi connectivity index (χ2n) is 5.99. The zero-order valence-electron chi connectivity index (χ0n) is 12.6. The van der Waals surface area contributed by atoms with E-state index in [1.165, 1.54) is 44.3 Å². The van der Waals surface area contributed by atoms with Crippen molar-refractivity contribution in [2.24, 2.45) is 0 Å². The number of nitrogens with zero attached hydrogens (tertiary/aromatic N) is 1. The van der Waals surface area contributed by atoms with Crippen molar-refractivity contribution in [2.45, 2.75) is 45.1 Å². The van der Waals surface area contributed by atoms with Crippen molar-refractivity contribution >= 4 is 0 Å². The third kappa shape index (κ3) is 5.51. The van der Waals surface area contributed by atoms with Gasteiger partial charge in [0.15, 0.2) is 0 Å². The van der Waals surface area contributed by atoms with Crippen LogP contribution >= 0.6 is 0 Å². The molecule has 1 aromatic rings. The number of phenols is 1. The molecule has 0 aliphatic carbocycles. The van der Waals surface area contributed by atoms with Crippen LogP contribution in [0.2, 0.25) is 0 Å². The second kappa shape index (κ2) is 8.28. The summed E-state index contributed by atoms with van der Waals surface area (Å²) in [5.74, 6) is 0.344. The Bertz CT molecular complexity index is 369. The predicted molar refractivity (Wildman–Crippen MR) is 84.2 cm³/mol. The monoisotopic (exact) mass is 276 g/mol. The van der Waals surface area contributed by atoms with Crippen LogP contribution in [0.4, 0.5) is 0 Å². The Labute approximate surface area is 123 Å². The van der Waals surface area contributed by atoms with Gasteiger partial charge in [0.25, 0.3) is 0 Å². The number of hydrogen-bond donors (Lipinski definition) is 2. The van der Waals surface area contributed by atoms with Crippen molar-refractivity contribution in [3.05, 3.63) is 29.8 Å². The van der Waals surface area contributed by atoms with Crippen molar-refractivity contribution in [1.82, 2.24) is 10.2 Å². The summed E-state index contributed by atoms with van der Waals surface area (Å²) in [6, 6.07) is 8.06. The summed E-state index contributed by atoms with van der Waals surface area (Å²) >= 11 is 0. The van der Waals surface area contributed by atoms with E-state index in [1.54, 1.807) is 12.1 Å². The molecular weight excluding hydrogens is 248 g/mol. The van der Waals surface area contributed by atoms with Gasteiger partial charge < -0.3 is 15.3 Å². The first-order valence-corrected chi connectivity index (χ1v) is 7.98. The molecule has 1 heterocycles. The lowest BCUT2D eigenvalue weighted by atomic mass is 10.1. The van der Waals surface area contributed by atoms with Gasteiger partial charge in [-0.25, -0.2) is 0 Å².